The zero-order valence-corrected chi connectivity index (χ0v) is 11.4. The second kappa shape index (κ2) is 9.17. The van der Waals surface area contributed by atoms with E-state index in [1.54, 1.807) is 0 Å². The Bertz CT molecular complexity index is 258. The van der Waals surface area contributed by atoms with Crippen LogP contribution in [0.5, 0.6) is 0 Å². The molecule has 0 aliphatic rings. The molecule has 0 saturated carbocycles. The predicted octanol–water partition coefficient (Wildman–Crippen LogP) is -2.52. The predicted molar refractivity (Wildman–Crippen MR) is 21.4 cm³/mol. The van der Waals surface area contributed by atoms with Crippen molar-refractivity contribution < 1.29 is 75.6 Å². The van der Waals surface area contributed by atoms with E-state index in [0.717, 1.165) is 0 Å². The summed E-state index contributed by atoms with van der Waals surface area (Å²) in [5, 5.41) is 0. The first-order valence-corrected chi connectivity index (χ1v) is 9.21. The van der Waals surface area contributed by atoms with Gasteiger partial charge in [0.2, 0.25) is 0 Å². The first-order chi connectivity index (χ1) is 5.41. The molecule has 0 aromatic heterocycles. The van der Waals surface area contributed by atoms with Crippen LogP contribution in [0.15, 0.2) is 0 Å². The molecular formula is H5MoO10PW. The van der Waals surface area contributed by atoms with Crippen LogP contribution in [0.1, 0.15) is 0 Å². The van der Waals surface area contributed by atoms with Gasteiger partial charge in [-0.05, 0) is 0 Å². The summed E-state index contributed by atoms with van der Waals surface area (Å²) in [4.78, 5) is 21.6. The molecule has 0 unspecified atom stereocenters. The van der Waals surface area contributed by atoms with Crippen LogP contribution in [0.25, 0.3) is 0 Å². The number of phosphoric acid groups is 1. The van der Waals surface area contributed by atoms with Crippen LogP contribution in [0.2, 0.25) is 0 Å². The average molecular weight is 476 g/mol. The molecule has 0 aliphatic heterocycles. The molecule has 0 amide bonds. The van der Waals surface area contributed by atoms with E-state index in [9.17, 15) is 0 Å². The Morgan fingerprint density at radius 2 is 1.00 bits per heavy atom. The van der Waals surface area contributed by atoms with Crippen LogP contribution in [-0.2, 0) is 53.4 Å². The van der Waals surface area contributed by atoms with Crippen molar-refractivity contribution in [1.82, 2.24) is 0 Å². The average Bonchev–Trinajstić information content (AvgIpc) is 1.52. The molecular weight excluding hydrogens is 471 g/mol. The molecule has 0 atom stereocenters. The Kier molecular flexibility index (Phi) is 13.6. The van der Waals surface area contributed by atoms with Gasteiger partial charge >= 0.3 is 64.2 Å². The first kappa shape index (κ1) is 19.2. The Morgan fingerprint density at radius 3 is 1.00 bits per heavy atom. The van der Waals surface area contributed by atoms with Gasteiger partial charge in [0, 0.05) is 0 Å². The maximum atomic E-state index is 8.88. The maximum absolute atomic E-state index is 8.88. The minimum atomic E-state index is -5.52. The third kappa shape index (κ3) is 3850. The van der Waals surface area contributed by atoms with Gasteiger partial charge in [-0.2, -0.15) is 0 Å². The SMILES string of the molecule is O=P(O)(O)O.[O]=[Mo](=[O])([OH])[OH].[O]=[W]=[O]. The second-order valence-electron chi connectivity index (χ2n) is 1.03. The molecule has 0 saturated heterocycles. The monoisotopic (exact) mass is 478 g/mol. The zero-order valence-electron chi connectivity index (χ0n) is 5.54. The van der Waals surface area contributed by atoms with Gasteiger partial charge in [0.25, 0.3) is 0 Å². The summed E-state index contributed by atoms with van der Waals surface area (Å²) in [6.45, 7) is 0. The van der Waals surface area contributed by atoms with E-state index < -0.39 is 43.1 Å². The van der Waals surface area contributed by atoms with Crippen LogP contribution in [-0.4, -0.2) is 22.2 Å². The van der Waals surface area contributed by atoms with Gasteiger partial charge in [0.05, 0.1) is 0 Å². The van der Waals surface area contributed by atoms with Crippen LogP contribution >= 0.6 is 7.82 Å². The molecule has 0 bridgehead atoms. The van der Waals surface area contributed by atoms with Crippen LogP contribution in [0.3, 0.4) is 0 Å². The van der Waals surface area contributed by atoms with Gasteiger partial charge in [-0.3, -0.25) is 0 Å². The Morgan fingerprint density at radius 1 is 1.00 bits per heavy atom. The van der Waals surface area contributed by atoms with E-state index in [-0.39, 0.29) is 0 Å². The summed E-state index contributed by atoms with van der Waals surface area (Å²) < 4.78 is 58.0. The van der Waals surface area contributed by atoms with E-state index in [4.69, 9.17) is 40.4 Å². The van der Waals surface area contributed by atoms with Crippen molar-refractivity contribution in [2.75, 3.05) is 0 Å². The Balaban J connectivity index is -0.000000120. The van der Waals surface area contributed by atoms with Gasteiger partial charge in [0.15, 0.2) is 0 Å². The van der Waals surface area contributed by atoms with E-state index in [1.807, 2.05) is 0 Å². The third-order valence-corrected chi connectivity index (χ3v) is 0. The van der Waals surface area contributed by atoms with Crippen molar-refractivity contribution in [3.05, 3.63) is 0 Å². The molecule has 0 aromatic carbocycles. The zero-order chi connectivity index (χ0) is 11.7. The third-order valence-electron chi connectivity index (χ3n) is 0. The number of hydrogen-bond donors (Lipinski definition) is 5. The normalized spacial score (nSPS) is 9.92. The summed E-state index contributed by atoms with van der Waals surface area (Å²) in [6.07, 6.45) is 0. The minimum absolute atomic E-state index is 2.25. The molecule has 0 fully saturated rings. The Labute approximate surface area is 83.3 Å². The first-order valence-electron chi connectivity index (χ1n) is 1.81. The van der Waals surface area contributed by atoms with E-state index in [2.05, 4.69) is 0 Å². The van der Waals surface area contributed by atoms with Gasteiger partial charge < -0.3 is 14.7 Å². The summed E-state index contributed by atoms with van der Waals surface area (Å²) in [6, 6.07) is 0. The van der Waals surface area contributed by atoms with Crippen molar-refractivity contribution in [2.24, 2.45) is 0 Å². The van der Waals surface area contributed by atoms with Crippen molar-refractivity contribution >= 4 is 7.82 Å². The molecule has 0 aromatic rings. The summed E-state index contributed by atoms with van der Waals surface area (Å²) >= 11 is -7.77. The van der Waals surface area contributed by atoms with E-state index in [1.165, 1.54) is 0 Å². The van der Waals surface area contributed by atoms with Crippen molar-refractivity contribution in [3.8, 4) is 0 Å². The Hall–Kier alpha value is 0.607. The fourth-order valence-corrected chi connectivity index (χ4v) is 0. The standard InChI is InChI=1S/Mo.H3O4P.2H2O.4O.W/c;1-5(2,3)4;;;;;;;/h;(H3,1,2,3,4);2*1H2;;;;;/q+2;;;;;;;;/p-2. The molecule has 13 heavy (non-hydrogen) atoms. The molecule has 0 spiro atoms. The quantitative estimate of drug-likeness (QED) is 0.185. The van der Waals surface area contributed by atoms with E-state index >= 15 is 0 Å². The number of hydrogen-bond acceptors (Lipinski definition) is 5. The van der Waals surface area contributed by atoms with Gasteiger partial charge in [-0.1, -0.05) is 0 Å². The van der Waals surface area contributed by atoms with Gasteiger partial charge in [-0.15, -0.1) is 0 Å². The molecule has 82 valence electrons. The van der Waals surface area contributed by atoms with E-state index in [0.29, 0.717) is 0 Å². The molecule has 10 nitrogen and oxygen atoms in total. The van der Waals surface area contributed by atoms with Crippen LogP contribution < -0.4 is 0 Å². The van der Waals surface area contributed by atoms with Crippen molar-refractivity contribution in [3.63, 3.8) is 0 Å². The number of rotatable bonds is 0. The van der Waals surface area contributed by atoms with Crippen molar-refractivity contribution in [1.29, 1.82) is 0 Å². The molecule has 0 aliphatic carbocycles. The summed E-state index contributed by atoms with van der Waals surface area (Å²) in [5.41, 5.74) is 0. The van der Waals surface area contributed by atoms with Crippen LogP contribution in [0, 0.1) is 0 Å². The second-order valence-corrected chi connectivity index (χ2v) is 4.75. The molecule has 0 radical (unpaired) electrons. The van der Waals surface area contributed by atoms with Gasteiger partial charge in [0.1, 0.15) is 0 Å². The fraction of sp³-hybridized carbons (Fsp3) is 0. The summed E-state index contributed by atoms with van der Waals surface area (Å²) in [5.74, 6) is 0. The summed E-state index contributed by atoms with van der Waals surface area (Å²) in [7, 11) is -4.64. The molecule has 0 rings (SSSR count). The molecule has 5 N–H and O–H groups in total. The topological polar surface area (TPSA) is 186 Å². The van der Waals surface area contributed by atoms with Crippen LogP contribution in [0.4, 0.5) is 0 Å². The molecule has 0 heterocycles. The fourth-order valence-electron chi connectivity index (χ4n) is 0. The van der Waals surface area contributed by atoms with Crippen molar-refractivity contribution in [2.45, 2.75) is 0 Å². The van der Waals surface area contributed by atoms with Gasteiger partial charge in [-0.25, -0.2) is 4.57 Å². The molecule has 13 heteroatoms.